The van der Waals surface area contributed by atoms with Crippen LogP contribution in [-0.4, -0.2) is 33.2 Å². The van der Waals surface area contributed by atoms with Crippen LogP contribution in [-0.2, 0) is 11.3 Å². The smallest absolute Gasteiger partial charge is 0.290 e. The molecule has 2 aromatic heterocycles. The number of carbonyl (C=O) groups is 1. The number of nitrogen functional groups attached to an aromatic ring is 1. The molecule has 0 saturated carbocycles. The van der Waals surface area contributed by atoms with Gasteiger partial charge in [0.1, 0.15) is 17.9 Å². The molecule has 1 aliphatic rings. The monoisotopic (exact) mass is 332 g/mol. The Morgan fingerprint density at radius 2 is 2.30 bits per heavy atom. The number of thiophene rings is 1. The Labute approximate surface area is 138 Å². The molecule has 1 atom stereocenters. The van der Waals surface area contributed by atoms with Gasteiger partial charge in [-0.15, -0.1) is 11.3 Å². The van der Waals surface area contributed by atoms with E-state index >= 15 is 0 Å². The molecular weight excluding hydrogens is 312 g/mol. The van der Waals surface area contributed by atoms with Crippen LogP contribution in [0.1, 0.15) is 26.2 Å². The van der Waals surface area contributed by atoms with E-state index in [0.717, 1.165) is 30.7 Å². The van der Waals surface area contributed by atoms with Crippen molar-refractivity contribution in [3.05, 3.63) is 33.9 Å². The number of nitrogens with two attached hydrogens (primary N) is 1. The molecule has 1 fully saturated rings. The molecule has 3 heterocycles. The van der Waals surface area contributed by atoms with Crippen LogP contribution in [0.3, 0.4) is 0 Å². The maximum Gasteiger partial charge on any atom is 0.290 e. The molecule has 1 unspecified atom stereocenters. The first-order valence-corrected chi connectivity index (χ1v) is 8.65. The molecule has 6 nitrogen and oxygen atoms in total. The van der Waals surface area contributed by atoms with E-state index in [4.69, 9.17) is 5.73 Å². The summed E-state index contributed by atoms with van der Waals surface area (Å²) < 4.78 is 1.19. The van der Waals surface area contributed by atoms with Gasteiger partial charge in [-0.1, -0.05) is 6.07 Å². The van der Waals surface area contributed by atoms with Crippen molar-refractivity contribution >= 4 is 22.9 Å². The zero-order valence-corrected chi connectivity index (χ0v) is 13.9. The van der Waals surface area contributed by atoms with Crippen LogP contribution in [0.15, 0.2) is 28.4 Å². The summed E-state index contributed by atoms with van der Waals surface area (Å²) in [6, 6.07) is 5.60. The maximum atomic E-state index is 12.5. The Morgan fingerprint density at radius 1 is 1.48 bits per heavy atom. The van der Waals surface area contributed by atoms with Gasteiger partial charge in [-0.25, -0.2) is 4.68 Å². The van der Waals surface area contributed by atoms with Gasteiger partial charge < -0.3 is 10.6 Å². The van der Waals surface area contributed by atoms with E-state index in [2.05, 4.69) is 5.10 Å². The number of piperidine rings is 1. The molecule has 122 valence electrons. The van der Waals surface area contributed by atoms with Crippen molar-refractivity contribution in [1.82, 2.24) is 14.7 Å². The molecule has 0 spiro atoms. The molecule has 0 aromatic carbocycles. The fourth-order valence-electron chi connectivity index (χ4n) is 2.90. The van der Waals surface area contributed by atoms with Crippen molar-refractivity contribution in [2.75, 3.05) is 12.3 Å². The van der Waals surface area contributed by atoms with E-state index in [1.54, 1.807) is 6.07 Å². The molecule has 3 rings (SSSR count). The fourth-order valence-corrected chi connectivity index (χ4v) is 3.58. The number of aromatic nitrogens is 2. The van der Waals surface area contributed by atoms with Crippen LogP contribution >= 0.6 is 11.3 Å². The van der Waals surface area contributed by atoms with Crippen LogP contribution in [0.5, 0.6) is 0 Å². The Kier molecular flexibility index (Phi) is 4.47. The summed E-state index contributed by atoms with van der Waals surface area (Å²) in [5, 5.41) is 6.26. The lowest BCUT2D eigenvalue weighted by atomic mass is 10.0. The van der Waals surface area contributed by atoms with Crippen molar-refractivity contribution in [2.45, 2.75) is 38.8 Å². The normalized spacial score (nSPS) is 18.1. The Bertz CT molecular complexity index is 754. The summed E-state index contributed by atoms with van der Waals surface area (Å²) in [7, 11) is 0. The van der Waals surface area contributed by atoms with Crippen LogP contribution in [0.4, 0.5) is 5.69 Å². The minimum absolute atomic E-state index is 0.0629. The first kappa shape index (κ1) is 15.7. The number of nitrogens with zero attached hydrogens (tertiary/aromatic N) is 3. The van der Waals surface area contributed by atoms with Crippen LogP contribution in [0.2, 0.25) is 0 Å². The second-order valence-corrected chi connectivity index (χ2v) is 6.80. The van der Waals surface area contributed by atoms with Gasteiger partial charge in [0.05, 0.1) is 4.88 Å². The van der Waals surface area contributed by atoms with E-state index in [9.17, 15) is 9.59 Å². The highest BCUT2D eigenvalue weighted by atomic mass is 32.1. The van der Waals surface area contributed by atoms with Crippen molar-refractivity contribution in [3.8, 4) is 10.6 Å². The highest BCUT2D eigenvalue weighted by Crippen LogP contribution is 2.23. The highest BCUT2D eigenvalue weighted by Gasteiger charge is 2.24. The summed E-state index contributed by atoms with van der Waals surface area (Å²) in [4.78, 5) is 27.5. The number of anilines is 1. The first-order valence-electron chi connectivity index (χ1n) is 7.77. The largest absolute Gasteiger partial charge is 0.394 e. The summed E-state index contributed by atoms with van der Waals surface area (Å²) in [6.07, 6.45) is 3.16. The van der Waals surface area contributed by atoms with E-state index in [1.807, 2.05) is 29.3 Å². The number of hydrogen-bond acceptors (Lipinski definition) is 5. The van der Waals surface area contributed by atoms with Crippen molar-refractivity contribution in [1.29, 1.82) is 0 Å². The van der Waals surface area contributed by atoms with Crippen molar-refractivity contribution < 1.29 is 4.79 Å². The van der Waals surface area contributed by atoms with Gasteiger partial charge in [0.15, 0.2) is 0 Å². The first-order chi connectivity index (χ1) is 11.1. The van der Waals surface area contributed by atoms with Crippen LogP contribution in [0.25, 0.3) is 10.6 Å². The van der Waals surface area contributed by atoms with Crippen LogP contribution in [0, 0.1) is 0 Å². The van der Waals surface area contributed by atoms with Gasteiger partial charge >= 0.3 is 0 Å². The number of rotatable bonds is 3. The Balaban J connectivity index is 1.87. The maximum absolute atomic E-state index is 12.5. The molecule has 0 aliphatic carbocycles. The lowest BCUT2D eigenvalue weighted by molar-refractivity contribution is -0.135. The fraction of sp³-hybridized carbons (Fsp3) is 0.438. The zero-order valence-electron chi connectivity index (χ0n) is 13.1. The second-order valence-electron chi connectivity index (χ2n) is 5.86. The highest BCUT2D eigenvalue weighted by molar-refractivity contribution is 7.13. The van der Waals surface area contributed by atoms with E-state index in [-0.39, 0.29) is 24.2 Å². The molecule has 1 saturated heterocycles. The van der Waals surface area contributed by atoms with Gasteiger partial charge in [0.25, 0.3) is 5.56 Å². The number of amides is 1. The molecule has 1 aliphatic heterocycles. The Morgan fingerprint density at radius 3 is 3.00 bits per heavy atom. The minimum Gasteiger partial charge on any atom is -0.394 e. The van der Waals surface area contributed by atoms with Gasteiger partial charge in [0.2, 0.25) is 5.91 Å². The summed E-state index contributed by atoms with van der Waals surface area (Å²) in [5.41, 5.74) is 6.14. The van der Waals surface area contributed by atoms with E-state index in [1.165, 1.54) is 16.0 Å². The topological polar surface area (TPSA) is 81.2 Å². The molecule has 1 amide bonds. The molecule has 0 radical (unpaired) electrons. The molecule has 7 heteroatoms. The van der Waals surface area contributed by atoms with E-state index in [0.29, 0.717) is 5.69 Å². The summed E-state index contributed by atoms with van der Waals surface area (Å²) >= 11 is 1.52. The standard InChI is InChI=1S/C16H20N4O2S/c1-11-5-2-3-7-19(11)15(21)10-20-16(22)12(17)9-13(18-20)14-6-4-8-23-14/h4,6,8-9,11H,2-3,5,7,10,17H2,1H3. The lowest BCUT2D eigenvalue weighted by Crippen LogP contribution is -2.45. The third kappa shape index (κ3) is 3.29. The summed E-state index contributed by atoms with van der Waals surface area (Å²) in [6.45, 7) is 2.73. The van der Waals surface area contributed by atoms with E-state index < -0.39 is 5.56 Å². The predicted molar refractivity (Wildman–Crippen MR) is 91.2 cm³/mol. The lowest BCUT2D eigenvalue weighted by Gasteiger charge is -2.33. The molecular formula is C16H20N4O2S. The molecule has 0 bridgehead atoms. The number of hydrogen-bond donors (Lipinski definition) is 1. The van der Waals surface area contributed by atoms with Crippen LogP contribution < -0.4 is 11.3 Å². The second kappa shape index (κ2) is 6.54. The third-order valence-corrected chi connectivity index (χ3v) is 5.08. The number of likely N-dealkylation sites (tertiary alicyclic amines) is 1. The molecule has 2 aromatic rings. The quantitative estimate of drug-likeness (QED) is 0.931. The Hall–Kier alpha value is -2.15. The average molecular weight is 332 g/mol. The number of carbonyl (C=O) groups excluding carboxylic acids is 1. The zero-order chi connectivity index (χ0) is 16.4. The SMILES string of the molecule is CC1CCCCN1C(=O)Cn1nc(-c2cccs2)cc(N)c1=O. The minimum atomic E-state index is -0.414. The third-order valence-electron chi connectivity index (χ3n) is 4.18. The van der Waals surface area contributed by atoms with Gasteiger partial charge in [-0.2, -0.15) is 5.10 Å². The molecule has 23 heavy (non-hydrogen) atoms. The average Bonchev–Trinajstić information content (AvgIpc) is 3.06. The summed E-state index contributed by atoms with van der Waals surface area (Å²) in [5.74, 6) is -0.0745. The predicted octanol–water partition coefficient (Wildman–Crippen LogP) is 1.96. The van der Waals surface area contributed by atoms with Gasteiger partial charge in [0, 0.05) is 12.6 Å². The molecule has 2 N–H and O–H groups in total. The van der Waals surface area contributed by atoms with Gasteiger partial charge in [-0.05, 0) is 43.7 Å². The van der Waals surface area contributed by atoms with Crippen molar-refractivity contribution in [2.24, 2.45) is 0 Å². The van der Waals surface area contributed by atoms with Gasteiger partial charge in [-0.3, -0.25) is 9.59 Å². The van der Waals surface area contributed by atoms with Crippen molar-refractivity contribution in [3.63, 3.8) is 0 Å².